The van der Waals surface area contributed by atoms with E-state index in [1.807, 2.05) is 6.92 Å². The summed E-state index contributed by atoms with van der Waals surface area (Å²) < 4.78 is 5.83. The monoisotopic (exact) mass is 362 g/mol. The minimum Gasteiger partial charge on any atom is -0.478 e. The van der Waals surface area contributed by atoms with E-state index in [1.54, 1.807) is 0 Å². The van der Waals surface area contributed by atoms with E-state index in [0.29, 0.717) is 18.3 Å². The van der Waals surface area contributed by atoms with Crippen LogP contribution in [0.3, 0.4) is 0 Å². The Morgan fingerprint density at radius 2 is 2.00 bits per heavy atom. The Hall–Kier alpha value is -1.58. The molecule has 2 rings (SSSR count). The average molecular weight is 363 g/mol. The number of esters is 1. The van der Waals surface area contributed by atoms with Gasteiger partial charge in [0.2, 0.25) is 0 Å². The van der Waals surface area contributed by atoms with Crippen LogP contribution in [0.4, 0.5) is 0 Å². The van der Waals surface area contributed by atoms with E-state index in [-0.39, 0.29) is 22.9 Å². The van der Waals surface area contributed by atoms with Crippen LogP contribution in [0.5, 0.6) is 0 Å². The first-order chi connectivity index (χ1) is 12.0. The number of fused-ring (bicyclic) bond motifs is 1. The van der Waals surface area contributed by atoms with Gasteiger partial charge in [0, 0.05) is 24.8 Å². The molecular weight excluding hydrogens is 328 g/mol. The Labute approximate surface area is 157 Å². The summed E-state index contributed by atoms with van der Waals surface area (Å²) in [6.07, 6.45) is 8.26. The smallest absolute Gasteiger partial charge is 0.328 e. The summed E-state index contributed by atoms with van der Waals surface area (Å²) in [6, 6.07) is 0. The predicted octanol–water partition coefficient (Wildman–Crippen LogP) is 5.14. The van der Waals surface area contributed by atoms with Crippen LogP contribution in [0.15, 0.2) is 23.3 Å². The number of hydrogen-bond acceptors (Lipinski definition) is 3. The summed E-state index contributed by atoms with van der Waals surface area (Å²) in [4.78, 5) is 22.9. The molecule has 1 fully saturated rings. The van der Waals surface area contributed by atoms with Crippen molar-refractivity contribution in [3.05, 3.63) is 23.3 Å². The highest BCUT2D eigenvalue weighted by Gasteiger charge is 2.53. The fourth-order valence-electron chi connectivity index (χ4n) is 5.18. The molecule has 4 nitrogen and oxygen atoms in total. The normalized spacial score (nSPS) is 32.2. The van der Waals surface area contributed by atoms with Crippen molar-refractivity contribution in [3.63, 3.8) is 0 Å². The van der Waals surface area contributed by atoms with Crippen molar-refractivity contribution in [2.24, 2.45) is 22.7 Å². The number of carbonyl (C=O) groups excluding carboxylic acids is 1. The molecule has 2 aliphatic rings. The molecule has 0 aromatic heterocycles. The van der Waals surface area contributed by atoms with Crippen LogP contribution in [-0.4, -0.2) is 23.1 Å². The second-order valence-corrected chi connectivity index (χ2v) is 9.12. The average Bonchev–Trinajstić information content (AvgIpc) is 2.49. The predicted molar refractivity (Wildman–Crippen MR) is 103 cm³/mol. The molecule has 146 valence electrons. The minimum atomic E-state index is -0.953. The molecular formula is C22H34O4. The molecule has 0 heterocycles. The highest BCUT2D eigenvalue weighted by Crippen LogP contribution is 2.58. The number of carboxylic acid groups (broad SMARTS) is 1. The van der Waals surface area contributed by atoms with Crippen molar-refractivity contribution in [1.29, 1.82) is 0 Å². The summed E-state index contributed by atoms with van der Waals surface area (Å²) >= 11 is 0. The zero-order valence-electron chi connectivity index (χ0n) is 17.1. The van der Waals surface area contributed by atoms with Gasteiger partial charge in [-0.05, 0) is 43.4 Å². The molecule has 0 unspecified atom stereocenters. The summed E-state index contributed by atoms with van der Waals surface area (Å²) in [7, 11) is 0. The third-order valence-electron chi connectivity index (χ3n) is 6.83. The molecule has 4 atom stereocenters. The third kappa shape index (κ3) is 4.05. The topological polar surface area (TPSA) is 63.6 Å². The molecule has 26 heavy (non-hydrogen) atoms. The van der Waals surface area contributed by atoms with Gasteiger partial charge in [0.05, 0.1) is 0 Å². The minimum absolute atomic E-state index is 0.178. The van der Waals surface area contributed by atoms with Crippen LogP contribution in [0.1, 0.15) is 73.6 Å². The number of aliphatic carboxylic acids is 1. The lowest BCUT2D eigenvalue weighted by Crippen LogP contribution is -2.51. The first-order valence-electron chi connectivity index (χ1n) is 9.76. The quantitative estimate of drug-likeness (QED) is 0.418. The van der Waals surface area contributed by atoms with E-state index >= 15 is 0 Å². The largest absolute Gasteiger partial charge is 0.478 e. The van der Waals surface area contributed by atoms with Crippen LogP contribution in [0.25, 0.3) is 0 Å². The van der Waals surface area contributed by atoms with Gasteiger partial charge in [-0.3, -0.25) is 4.79 Å². The SMILES string of the molecule is CC(=O)O[C@H](C/C(C)=C/C(=O)O)[C@@]1(C)[C@H](C)CC=C2[C@@H]1CCCC2(C)C. The van der Waals surface area contributed by atoms with Crippen molar-refractivity contribution in [2.45, 2.75) is 79.8 Å². The molecule has 0 bridgehead atoms. The molecule has 0 amide bonds. The number of rotatable bonds is 5. The van der Waals surface area contributed by atoms with Gasteiger partial charge in [-0.25, -0.2) is 4.79 Å². The van der Waals surface area contributed by atoms with Gasteiger partial charge in [0.15, 0.2) is 0 Å². The van der Waals surface area contributed by atoms with Gasteiger partial charge in [0.1, 0.15) is 6.10 Å². The van der Waals surface area contributed by atoms with Gasteiger partial charge in [0.25, 0.3) is 0 Å². The van der Waals surface area contributed by atoms with Crippen LogP contribution in [0, 0.1) is 22.7 Å². The summed E-state index contributed by atoms with van der Waals surface area (Å²) in [5, 5.41) is 9.07. The number of allylic oxidation sites excluding steroid dienone is 2. The van der Waals surface area contributed by atoms with Crippen LogP contribution >= 0.6 is 0 Å². The lowest BCUT2D eigenvalue weighted by Gasteiger charge is -2.55. The Morgan fingerprint density at radius 3 is 2.58 bits per heavy atom. The zero-order valence-corrected chi connectivity index (χ0v) is 17.1. The van der Waals surface area contributed by atoms with Gasteiger partial charge in [-0.2, -0.15) is 0 Å². The first-order valence-corrected chi connectivity index (χ1v) is 9.76. The third-order valence-corrected chi connectivity index (χ3v) is 6.83. The first kappa shape index (κ1) is 20.7. The Bertz CT molecular complexity index is 628. The maximum atomic E-state index is 11.9. The highest BCUT2D eigenvalue weighted by atomic mass is 16.5. The van der Waals surface area contributed by atoms with E-state index in [9.17, 15) is 9.59 Å². The molecule has 0 saturated heterocycles. The van der Waals surface area contributed by atoms with Gasteiger partial charge in [-0.1, -0.05) is 51.3 Å². The van der Waals surface area contributed by atoms with E-state index in [1.165, 1.54) is 31.4 Å². The molecule has 1 N–H and O–H groups in total. The lowest BCUT2D eigenvalue weighted by molar-refractivity contribution is -0.160. The number of carboxylic acids is 1. The van der Waals surface area contributed by atoms with E-state index in [4.69, 9.17) is 9.84 Å². The molecule has 1 saturated carbocycles. The Balaban J connectivity index is 2.44. The molecule has 0 spiro atoms. The molecule has 0 aromatic rings. The second kappa shape index (κ2) is 7.58. The maximum Gasteiger partial charge on any atom is 0.328 e. The number of carbonyl (C=O) groups is 2. The molecule has 0 radical (unpaired) electrons. The van der Waals surface area contributed by atoms with Gasteiger partial charge < -0.3 is 9.84 Å². The fraction of sp³-hybridized carbons (Fsp3) is 0.727. The summed E-state index contributed by atoms with van der Waals surface area (Å²) in [5.74, 6) is -0.507. The van der Waals surface area contributed by atoms with Crippen molar-refractivity contribution >= 4 is 11.9 Å². The van der Waals surface area contributed by atoms with Crippen molar-refractivity contribution in [3.8, 4) is 0 Å². The van der Waals surface area contributed by atoms with Gasteiger partial charge in [-0.15, -0.1) is 0 Å². The molecule has 0 aromatic carbocycles. The number of ether oxygens (including phenoxy) is 1. The summed E-state index contributed by atoms with van der Waals surface area (Å²) in [6.45, 7) is 12.4. The Morgan fingerprint density at radius 1 is 1.35 bits per heavy atom. The lowest BCUT2D eigenvalue weighted by atomic mass is 9.51. The Kier molecular flexibility index (Phi) is 6.04. The summed E-state index contributed by atoms with van der Waals surface area (Å²) in [5.41, 5.74) is 2.22. The van der Waals surface area contributed by atoms with Crippen LogP contribution in [-0.2, 0) is 14.3 Å². The second-order valence-electron chi connectivity index (χ2n) is 9.12. The standard InChI is InChI=1S/C22H34O4/c1-14(13-20(24)25)12-19(26-16(3)23)22(6)15(2)9-10-17-18(22)8-7-11-21(17,4)5/h10,13,15,18-19H,7-9,11-12H2,1-6H3,(H,24,25)/b14-13+/t15-,18+,19-,22+/m1/s1. The van der Waals surface area contributed by atoms with E-state index in [0.717, 1.165) is 18.4 Å². The molecule has 2 aliphatic carbocycles. The fourth-order valence-corrected chi connectivity index (χ4v) is 5.18. The number of hydrogen-bond donors (Lipinski definition) is 1. The van der Waals surface area contributed by atoms with Crippen LogP contribution < -0.4 is 0 Å². The van der Waals surface area contributed by atoms with Gasteiger partial charge >= 0.3 is 11.9 Å². The maximum absolute atomic E-state index is 11.9. The van der Waals surface area contributed by atoms with Crippen molar-refractivity contribution in [1.82, 2.24) is 0 Å². The van der Waals surface area contributed by atoms with Crippen molar-refractivity contribution < 1.29 is 19.4 Å². The highest BCUT2D eigenvalue weighted by molar-refractivity contribution is 5.80. The molecule has 0 aliphatic heterocycles. The van der Waals surface area contributed by atoms with E-state index in [2.05, 4.69) is 33.8 Å². The van der Waals surface area contributed by atoms with Crippen LogP contribution in [0.2, 0.25) is 0 Å². The van der Waals surface area contributed by atoms with Crippen molar-refractivity contribution in [2.75, 3.05) is 0 Å². The zero-order chi connectivity index (χ0) is 19.7. The molecule has 4 heteroatoms. The van der Waals surface area contributed by atoms with E-state index < -0.39 is 5.97 Å².